The van der Waals surface area contributed by atoms with Crippen molar-refractivity contribution >= 4 is 34.4 Å². The quantitative estimate of drug-likeness (QED) is 0.842. The molecular formula is C13H21IN4. The van der Waals surface area contributed by atoms with Crippen molar-refractivity contribution in [3.05, 3.63) is 9.26 Å². The van der Waals surface area contributed by atoms with Crippen molar-refractivity contribution in [3.63, 3.8) is 0 Å². The van der Waals surface area contributed by atoms with E-state index in [0.29, 0.717) is 5.82 Å². The highest BCUT2D eigenvalue weighted by Crippen LogP contribution is 2.23. The van der Waals surface area contributed by atoms with Gasteiger partial charge in [-0.3, -0.25) is 0 Å². The number of rotatable bonds is 3. The van der Waals surface area contributed by atoms with Crippen LogP contribution in [0.1, 0.15) is 44.7 Å². The van der Waals surface area contributed by atoms with Crippen molar-refractivity contribution in [1.29, 1.82) is 0 Å². The molecule has 2 heterocycles. The first-order valence-corrected chi connectivity index (χ1v) is 7.87. The van der Waals surface area contributed by atoms with Crippen LogP contribution in [-0.2, 0) is 6.42 Å². The summed E-state index contributed by atoms with van der Waals surface area (Å²) in [5.74, 6) is 1.46. The van der Waals surface area contributed by atoms with Crippen molar-refractivity contribution in [3.8, 4) is 0 Å². The molecule has 4 nitrogen and oxygen atoms in total. The number of aromatic nitrogens is 2. The van der Waals surface area contributed by atoms with Gasteiger partial charge in [0, 0.05) is 13.1 Å². The summed E-state index contributed by atoms with van der Waals surface area (Å²) in [6, 6.07) is 0. The van der Waals surface area contributed by atoms with Gasteiger partial charge in [-0.05, 0) is 41.9 Å². The van der Waals surface area contributed by atoms with Crippen LogP contribution in [0.25, 0.3) is 0 Å². The van der Waals surface area contributed by atoms with Crippen LogP contribution in [0.4, 0.5) is 11.8 Å². The largest absolute Gasteiger partial charge is 0.383 e. The summed E-state index contributed by atoms with van der Waals surface area (Å²) in [7, 11) is 0. The van der Waals surface area contributed by atoms with Gasteiger partial charge in [0.05, 0.1) is 9.26 Å². The van der Waals surface area contributed by atoms with Gasteiger partial charge in [-0.25, -0.2) is 4.98 Å². The van der Waals surface area contributed by atoms with Crippen molar-refractivity contribution in [2.24, 2.45) is 0 Å². The molecular weight excluding hydrogens is 339 g/mol. The van der Waals surface area contributed by atoms with E-state index in [4.69, 9.17) is 10.7 Å². The van der Waals surface area contributed by atoms with E-state index in [0.717, 1.165) is 41.1 Å². The second-order valence-corrected chi connectivity index (χ2v) is 5.90. The maximum Gasteiger partial charge on any atom is 0.227 e. The lowest BCUT2D eigenvalue weighted by Crippen LogP contribution is -2.27. The van der Waals surface area contributed by atoms with Crippen molar-refractivity contribution in [2.45, 2.75) is 45.4 Å². The Morgan fingerprint density at radius 1 is 1.17 bits per heavy atom. The number of nitrogen functional groups attached to an aromatic ring is 1. The third-order valence-electron chi connectivity index (χ3n) is 3.31. The molecule has 18 heavy (non-hydrogen) atoms. The Labute approximate surface area is 123 Å². The first-order chi connectivity index (χ1) is 8.72. The fourth-order valence-electron chi connectivity index (χ4n) is 2.31. The van der Waals surface area contributed by atoms with Gasteiger partial charge >= 0.3 is 0 Å². The zero-order valence-electron chi connectivity index (χ0n) is 11.0. The molecule has 5 heteroatoms. The molecule has 2 rings (SSSR count). The van der Waals surface area contributed by atoms with Crippen LogP contribution in [0.15, 0.2) is 0 Å². The summed E-state index contributed by atoms with van der Waals surface area (Å²) in [5.41, 5.74) is 7.11. The first kappa shape index (κ1) is 13.8. The van der Waals surface area contributed by atoms with Crippen LogP contribution >= 0.6 is 22.6 Å². The molecule has 1 aliphatic heterocycles. The third-order valence-corrected chi connectivity index (χ3v) is 4.48. The van der Waals surface area contributed by atoms with E-state index in [1.54, 1.807) is 0 Å². The summed E-state index contributed by atoms with van der Waals surface area (Å²) < 4.78 is 1.02. The molecule has 0 radical (unpaired) electrons. The molecule has 1 saturated heterocycles. The van der Waals surface area contributed by atoms with Gasteiger partial charge in [0.25, 0.3) is 0 Å². The van der Waals surface area contributed by atoms with Gasteiger partial charge in [0.1, 0.15) is 5.82 Å². The molecule has 0 aliphatic carbocycles. The standard InChI is InChI=1S/C13H21IN4/c1-2-7-10-11(14)12(15)17-13(16-10)18-8-5-3-4-6-9-18/h2-9H2,1H3,(H2,15,16,17). The fourth-order valence-corrected chi connectivity index (χ4v) is 2.82. The minimum absolute atomic E-state index is 0.633. The Hall–Kier alpha value is -0.590. The molecule has 1 aliphatic rings. The molecule has 0 unspecified atom stereocenters. The van der Waals surface area contributed by atoms with Gasteiger partial charge in [-0.15, -0.1) is 0 Å². The highest BCUT2D eigenvalue weighted by atomic mass is 127. The molecule has 100 valence electrons. The van der Waals surface area contributed by atoms with Crippen molar-refractivity contribution in [2.75, 3.05) is 23.7 Å². The topological polar surface area (TPSA) is 55.0 Å². The van der Waals surface area contributed by atoms with E-state index in [2.05, 4.69) is 39.4 Å². The summed E-state index contributed by atoms with van der Waals surface area (Å²) in [5, 5.41) is 0. The molecule has 0 bridgehead atoms. The number of anilines is 2. The molecule has 0 amide bonds. The second kappa shape index (κ2) is 6.54. The van der Waals surface area contributed by atoms with Gasteiger partial charge in [0.15, 0.2) is 0 Å². The third kappa shape index (κ3) is 3.24. The second-order valence-electron chi connectivity index (χ2n) is 4.82. The summed E-state index contributed by atoms with van der Waals surface area (Å²) in [6.07, 6.45) is 7.17. The van der Waals surface area contributed by atoms with Crippen molar-refractivity contribution in [1.82, 2.24) is 9.97 Å². The number of halogens is 1. The van der Waals surface area contributed by atoms with E-state index in [-0.39, 0.29) is 0 Å². The summed E-state index contributed by atoms with van der Waals surface area (Å²) >= 11 is 2.25. The number of hydrogen-bond donors (Lipinski definition) is 1. The zero-order valence-corrected chi connectivity index (χ0v) is 13.1. The number of nitrogens with two attached hydrogens (primary N) is 1. The SMILES string of the molecule is CCCc1nc(N2CCCCCC2)nc(N)c1I. The normalized spacial score (nSPS) is 16.7. The lowest BCUT2D eigenvalue weighted by atomic mass is 10.2. The molecule has 1 fully saturated rings. The molecule has 0 atom stereocenters. The Balaban J connectivity index is 2.26. The predicted octanol–water partition coefficient (Wildman–Crippen LogP) is 3.00. The van der Waals surface area contributed by atoms with E-state index in [1.165, 1.54) is 25.7 Å². The molecule has 0 saturated carbocycles. The van der Waals surface area contributed by atoms with E-state index in [9.17, 15) is 0 Å². The zero-order chi connectivity index (χ0) is 13.0. The number of hydrogen-bond acceptors (Lipinski definition) is 4. The molecule has 1 aromatic heterocycles. The van der Waals surface area contributed by atoms with Crippen LogP contribution in [0.5, 0.6) is 0 Å². The van der Waals surface area contributed by atoms with Crippen LogP contribution in [-0.4, -0.2) is 23.1 Å². The average molecular weight is 360 g/mol. The maximum atomic E-state index is 6.01. The minimum atomic E-state index is 0.633. The van der Waals surface area contributed by atoms with Gasteiger partial charge in [-0.2, -0.15) is 4.98 Å². The van der Waals surface area contributed by atoms with Crippen LogP contribution < -0.4 is 10.6 Å². The minimum Gasteiger partial charge on any atom is -0.383 e. The summed E-state index contributed by atoms with van der Waals surface area (Å²) in [4.78, 5) is 11.5. The predicted molar refractivity (Wildman–Crippen MR) is 83.8 cm³/mol. The van der Waals surface area contributed by atoms with E-state index < -0.39 is 0 Å². The number of aryl methyl sites for hydroxylation is 1. The molecule has 2 N–H and O–H groups in total. The monoisotopic (exact) mass is 360 g/mol. The van der Waals surface area contributed by atoms with Crippen LogP contribution in [0.3, 0.4) is 0 Å². The highest BCUT2D eigenvalue weighted by molar-refractivity contribution is 14.1. The highest BCUT2D eigenvalue weighted by Gasteiger charge is 2.16. The van der Waals surface area contributed by atoms with Crippen molar-refractivity contribution < 1.29 is 0 Å². The summed E-state index contributed by atoms with van der Waals surface area (Å²) in [6.45, 7) is 4.29. The van der Waals surface area contributed by atoms with Gasteiger partial charge in [-0.1, -0.05) is 26.2 Å². The lowest BCUT2D eigenvalue weighted by Gasteiger charge is -2.21. The number of nitrogens with zero attached hydrogens (tertiary/aromatic N) is 3. The van der Waals surface area contributed by atoms with Gasteiger partial charge in [0.2, 0.25) is 5.95 Å². The Kier molecular flexibility index (Phi) is 5.03. The van der Waals surface area contributed by atoms with E-state index in [1.807, 2.05) is 0 Å². The van der Waals surface area contributed by atoms with Crippen LogP contribution in [0.2, 0.25) is 0 Å². The Morgan fingerprint density at radius 3 is 2.44 bits per heavy atom. The van der Waals surface area contributed by atoms with E-state index >= 15 is 0 Å². The molecule has 1 aromatic rings. The lowest BCUT2D eigenvalue weighted by molar-refractivity contribution is 0.726. The molecule has 0 aromatic carbocycles. The Morgan fingerprint density at radius 2 is 1.83 bits per heavy atom. The smallest absolute Gasteiger partial charge is 0.227 e. The molecule has 0 spiro atoms. The van der Waals surface area contributed by atoms with Crippen LogP contribution in [0, 0.1) is 3.57 Å². The first-order valence-electron chi connectivity index (χ1n) is 6.79. The van der Waals surface area contributed by atoms with Gasteiger partial charge < -0.3 is 10.6 Å². The Bertz CT molecular complexity index is 400. The maximum absolute atomic E-state index is 6.01. The average Bonchev–Trinajstić information content (AvgIpc) is 2.63. The fraction of sp³-hybridized carbons (Fsp3) is 0.692.